The Hall–Kier alpha value is -1.91. The van der Waals surface area contributed by atoms with Gasteiger partial charge in [0, 0.05) is 18.3 Å². The predicted molar refractivity (Wildman–Crippen MR) is 77.0 cm³/mol. The Morgan fingerprint density at radius 1 is 1.32 bits per heavy atom. The maximum Gasteiger partial charge on any atom is 0.412 e. The number of ether oxygens (including phenoxy) is 2. The van der Waals surface area contributed by atoms with Gasteiger partial charge in [-0.1, -0.05) is 0 Å². The molecule has 1 aromatic carbocycles. The summed E-state index contributed by atoms with van der Waals surface area (Å²) in [6.45, 7) is 8.29. The Kier molecular flexibility index (Phi) is 5.03. The fourth-order valence-electron chi connectivity index (χ4n) is 1.52. The SMILES string of the molecule is CCNc1ccc(NC(=O)OC(C)(C)C)c(OC)c1. The van der Waals surface area contributed by atoms with Gasteiger partial charge in [-0.05, 0) is 39.8 Å². The van der Waals surface area contributed by atoms with Crippen molar-refractivity contribution in [3.05, 3.63) is 18.2 Å². The minimum absolute atomic E-state index is 0.498. The van der Waals surface area contributed by atoms with Crippen molar-refractivity contribution >= 4 is 17.5 Å². The summed E-state index contributed by atoms with van der Waals surface area (Å²) in [4.78, 5) is 11.7. The summed E-state index contributed by atoms with van der Waals surface area (Å²) in [5.74, 6) is 0.587. The van der Waals surface area contributed by atoms with Crippen molar-refractivity contribution in [1.82, 2.24) is 0 Å². The third-order valence-electron chi connectivity index (χ3n) is 2.22. The van der Waals surface area contributed by atoms with Crippen molar-refractivity contribution in [2.45, 2.75) is 33.3 Å². The summed E-state index contributed by atoms with van der Waals surface area (Å²) in [5.41, 5.74) is 0.994. The summed E-state index contributed by atoms with van der Waals surface area (Å²) >= 11 is 0. The number of rotatable bonds is 4. The first-order valence-electron chi connectivity index (χ1n) is 6.27. The second-order valence-corrected chi connectivity index (χ2v) is 5.07. The second-order valence-electron chi connectivity index (χ2n) is 5.07. The molecule has 0 radical (unpaired) electrons. The van der Waals surface area contributed by atoms with Crippen LogP contribution >= 0.6 is 0 Å². The average molecular weight is 266 g/mol. The number of methoxy groups -OCH3 is 1. The number of benzene rings is 1. The van der Waals surface area contributed by atoms with Crippen molar-refractivity contribution < 1.29 is 14.3 Å². The number of hydrogen-bond acceptors (Lipinski definition) is 4. The van der Waals surface area contributed by atoms with E-state index >= 15 is 0 Å². The van der Waals surface area contributed by atoms with E-state index in [1.807, 2.05) is 39.8 Å². The summed E-state index contributed by atoms with van der Waals surface area (Å²) in [5, 5.41) is 5.85. The maximum atomic E-state index is 11.7. The molecule has 1 rings (SSSR count). The number of carbonyl (C=O) groups excluding carboxylic acids is 1. The highest BCUT2D eigenvalue weighted by molar-refractivity contribution is 5.87. The second kappa shape index (κ2) is 6.31. The zero-order valence-electron chi connectivity index (χ0n) is 12.2. The molecule has 5 heteroatoms. The largest absolute Gasteiger partial charge is 0.494 e. The Bertz CT molecular complexity index is 439. The lowest BCUT2D eigenvalue weighted by Crippen LogP contribution is -2.27. The van der Waals surface area contributed by atoms with Crippen molar-refractivity contribution in [2.24, 2.45) is 0 Å². The molecule has 0 saturated heterocycles. The molecular weight excluding hydrogens is 244 g/mol. The number of amides is 1. The average Bonchev–Trinajstić information content (AvgIpc) is 2.29. The van der Waals surface area contributed by atoms with Gasteiger partial charge in [-0.25, -0.2) is 4.79 Å². The van der Waals surface area contributed by atoms with E-state index in [2.05, 4.69) is 10.6 Å². The lowest BCUT2D eigenvalue weighted by atomic mass is 10.2. The Balaban J connectivity index is 2.80. The van der Waals surface area contributed by atoms with Gasteiger partial charge in [0.25, 0.3) is 0 Å². The molecule has 0 saturated carbocycles. The fraction of sp³-hybridized carbons (Fsp3) is 0.500. The number of nitrogens with one attached hydrogen (secondary N) is 2. The Morgan fingerprint density at radius 3 is 2.53 bits per heavy atom. The van der Waals surface area contributed by atoms with Crippen LogP contribution in [-0.4, -0.2) is 25.3 Å². The van der Waals surface area contributed by atoms with Gasteiger partial charge in [0.05, 0.1) is 12.8 Å². The molecule has 1 amide bonds. The topological polar surface area (TPSA) is 59.6 Å². The molecule has 19 heavy (non-hydrogen) atoms. The highest BCUT2D eigenvalue weighted by Gasteiger charge is 2.17. The Labute approximate surface area is 114 Å². The first kappa shape index (κ1) is 15.1. The van der Waals surface area contributed by atoms with Crippen LogP contribution < -0.4 is 15.4 Å². The molecule has 0 aliphatic heterocycles. The van der Waals surface area contributed by atoms with Crippen LogP contribution in [0.1, 0.15) is 27.7 Å². The van der Waals surface area contributed by atoms with E-state index < -0.39 is 11.7 Å². The zero-order valence-corrected chi connectivity index (χ0v) is 12.2. The first-order valence-corrected chi connectivity index (χ1v) is 6.27. The molecule has 0 aliphatic carbocycles. The van der Waals surface area contributed by atoms with Crippen LogP contribution in [0.3, 0.4) is 0 Å². The summed E-state index contributed by atoms with van der Waals surface area (Å²) in [6, 6.07) is 5.48. The molecule has 106 valence electrons. The van der Waals surface area contributed by atoms with Crippen molar-refractivity contribution in [1.29, 1.82) is 0 Å². The molecule has 0 atom stereocenters. The van der Waals surface area contributed by atoms with Crippen LogP contribution in [0.2, 0.25) is 0 Å². The minimum atomic E-state index is -0.527. The number of hydrogen-bond donors (Lipinski definition) is 2. The molecule has 0 aliphatic rings. The van der Waals surface area contributed by atoms with Gasteiger partial charge in [-0.15, -0.1) is 0 Å². The van der Waals surface area contributed by atoms with Gasteiger partial charge < -0.3 is 14.8 Å². The highest BCUT2D eigenvalue weighted by Crippen LogP contribution is 2.28. The lowest BCUT2D eigenvalue weighted by Gasteiger charge is -2.20. The van der Waals surface area contributed by atoms with Gasteiger partial charge in [0.2, 0.25) is 0 Å². The minimum Gasteiger partial charge on any atom is -0.494 e. The predicted octanol–water partition coefficient (Wildman–Crippen LogP) is 3.47. The standard InChI is InChI=1S/C14H22N2O3/c1-6-15-10-7-8-11(12(9-10)18-5)16-13(17)19-14(2,3)4/h7-9,15H,6H2,1-5H3,(H,16,17). The van der Waals surface area contributed by atoms with Crippen LogP contribution in [0.4, 0.5) is 16.2 Å². The zero-order chi connectivity index (χ0) is 14.5. The first-order chi connectivity index (χ1) is 8.85. The van der Waals surface area contributed by atoms with E-state index in [1.165, 1.54) is 0 Å². The van der Waals surface area contributed by atoms with Gasteiger partial charge >= 0.3 is 6.09 Å². The summed E-state index contributed by atoms with van der Waals surface area (Å²) in [7, 11) is 1.56. The van der Waals surface area contributed by atoms with Gasteiger partial charge in [-0.2, -0.15) is 0 Å². The molecule has 0 spiro atoms. The van der Waals surface area contributed by atoms with E-state index in [9.17, 15) is 4.79 Å². The number of anilines is 2. The lowest BCUT2D eigenvalue weighted by molar-refractivity contribution is 0.0635. The Morgan fingerprint density at radius 2 is 2.00 bits per heavy atom. The molecule has 0 unspecified atom stereocenters. The normalized spacial score (nSPS) is 10.8. The van der Waals surface area contributed by atoms with Crippen molar-refractivity contribution in [2.75, 3.05) is 24.3 Å². The van der Waals surface area contributed by atoms with E-state index in [4.69, 9.17) is 9.47 Å². The van der Waals surface area contributed by atoms with Crippen LogP contribution in [0.5, 0.6) is 5.75 Å². The van der Waals surface area contributed by atoms with Crippen molar-refractivity contribution in [3.8, 4) is 5.75 Å². The monoisotopic (exact) mass is 266 g/mol. The van der Waals surface area contributed by atoms with E-state index in [0.29, 0.717) is 11.4 Å². The fourth-order valence-corrected chi connectivity index (χ4v) is 1.52. The van der Waals surface area contributed by atoms with E-state index in [1.54, 1.807) is 13.2 Å². The molecule has 0 aromatic heterocycles. The molecule has 0 bridgehead atoms. The molecule has 1 aromatic rings. The quantitative estimate of drug-likeness (QED) is 0.876. The van der Waals surface area contributed by atoms with E-state index in [-0.39, 0.29) is 0 Å². The third-order valence-corrected chi connectivity index (χ3v) is 2.22. The third kappa shape index (κ3) is 5.07. The summed E-state index contributed by atoms with van der Waals surface area (Å²) < 4.78 is 10.5. The van der Waals surface area contributed by atoms with Gasteiger partial charge in [0.15, 0.2) is 0 Å². The molecule has 5 nitrogen and oxygen atoms in total. The van der Waals surface area contributed by atoms with E-state index in [0.717, 1.165) is 12.2 Å². The smallest absolute Gasteiger partial charge is 0.412 e. The molecule has 2 N–H and O–H groups in total. The van der Waals surface area contributed by atoms with Crippen LogP contribution in [-0.2, 0) is 4.74 Å². The molecular formula is C14H22N2O3. The van der Waals surface area contributed by atoms with Crippen LogP contribution in [0, 0.1) is 0 Å². The van der Waals surface area contributed by atoms with Gasteiger partial charge in [0.1, 0.15) is 11.4 Å². The summed E-state index contributed by atoms with van der Waals surface area (Å²) in [6.07, 6.45) is -0.498. The number of carbonyl (C=O) groups is 1. The van der Waals surface area contributed by atoms with Crippen LogP contribution in [0.15, 0.2) is 18.2 Å². The maximum absolute atomic E-state index is 11.7. The molecule has 0 heterocycles. The van der Waals surface area contributed by atoms with Crippen molar-refractivity contribution in [3.63, 3.8) is 0 Å². The van der Waals surface area contributed by atoms with Crippen LogP contribution in [0.25, 0.3) is 0 Å². The molecule has 0 fully saturated rings. The highest BCUT2D eigenvalue weighted by atomic mass is 16.6. The van der Waals surface area contributed by atoms with Gasteiger partial charge in [-0.3, -0.25) is 5.32 Å².